The minimum Gasteiger partial charge on any atom is -0.463 e. The first-order chi connectivity index (χ1) is 11.6. The van der Waals surface area contributed by atoms with Crippen LogP contribution in [0.4, 0.5) is 4.39 Å². The lowest BCUT2D eigenvalue weighted by Crippen LogP contribution is -2.07. The summed E-state index contributed by atoms with van der Waals surface area (Å²) >= 11 is 1.49. The molecule has 2 aromatic heterocycles. The summed E-state index contributed by atoms with van der Waals surface area (Å²) in [5.74, 6) is -1.39. The molecule has 0 fully saturated rings. The lowest BCUT2D eigenvalue weighted by Gasteiger charge is -2.07. The Morgan fingerprint density at radius 2 is 2.08 bits per heavy atom. The fourth-order valence-electron chi connectivity index (χ4n) is 1.94. The van der Waals surface area contributed by atoms with Gasteiger partial charge in [0.25, 0.3) is 0 Å². The van der Waals surface area contributed by atoms with Crippen LogP contribution in [0.1, 0.15) is 15.6 Å². The number of thiazole rings is 1. The molecule has 3 aromatic rings. The van der Waals surface area contributed by atoms with Gasteiger partial charge in [-0.1, -0.05) is 0 Å². The van der Waals surface area contributed by atoms with E-state index >= 15 is 0 Å². The molecule has 122 valence electrons. The molecule has 0 amide bonds. The van der Waals surface area contributed by atoms with Gasteiger partial charge in [0.15, 0.2) is 11.6 Å². The van der Waals surface area contributed by atoms with Crippen molar-refractivity contribution in [2.75, 3.05) is 7.11 Å². The third kappa shape index (κ3) is 3.38. The van der Waals surface area contributed by atoms with Crippen molar-refractivity contribution < 1.29 is 18.7 Å². The number of esters is 1. The molecule has 0 N–H and O–H groups in total. The van der Waals surface area contributed by atoms with Crippen LogP contribution in [-0.4, -0.2) is 28.0 Å². The molecule has 8 heteroatoms. The molecule has 1 aromatic carbocycles. The first kappa shape index (κ1) is 16.0. The number of carbonyl (C=O) groups is 1. The summed E-state index contributed by atoms with van der Waals surface area (Å²) in [7, 11) is 1.22. The Kier molecular flexibility index (Phi) is 4.48. The Morgan fingerprint density at radius 1 is 1.25 bits per heavy atom. The van der Waals surface area contributed by atoms with Crippen LogP contribution in [0.25, 0.3) is 11.3 Å². The summed E-state index contributed by atoms with van der Waals surface area (Å²) in [6, 6.07) is 5.95. The highest BCUT2D eigenvalue weighted by atomic mass is 32.1. The largest absolute Gasteiger partial charge is 0.463 e. The molecule has 0 unspecified atom stereocenters. The van der Waals surface area contributed by atoms with Gasteiger partial charge >= 0.3 is 5.97 Å². The van der Waals surface area contributed by atoms with Crippen LogP contribution in [0.3, 0.4) is 0 Å². The number of hydrogen-bond donors (Lipinski definition) is 0. The van der Waals surface area contributed by atoms with E-state index in [1.165, 1.54) is 42.8 Å². The van der Waals surface area contributed by atoms with E-state index in [4.69, 9.17) is 4.74 Å². The molecule has 0 aliphatic rings. The number of aryl methyl sites for hydroxylation is 1. The number of nitrogens with zero attached hydrogens (tertiary/aromatic N) is 3. The fraction of sp³-hybridized carbons (Fsp3) is 0.125. The van der Waals surface area contributed by atoms with Gasteiger partial charge in [-0.15, -0.1) is 11.3 Å². The minimum absolute atomic E-state index is 0.0137. The highest BCUT2D eigenvalue weighted by Gasteiger charge is 2.13. The molecule has 0 saturated heterocycles. The number of ether oxygens (including phenoxy) is 2. The number of benzene rings is 1. The average molecular weight is 345 g/mol. The van der Waals surface area contributed by atoms with Gasteiger partial charge in [-0.2, -0.15) is 4.98 Å². The van der Waals surface area contributed by atoms with Crippen molar-refractivity contribution in [3.8, 4) is 22.9 Å². The van der Waals surface area contributed by atoms with Crippen LogP contribution in [0, 0.1) is 12.7 Å². The number of carbonyl (C=O) groups excluding carboxylic acids is 1. The number of methoxy groups -OCH3 is 1. The SMILES string of the molecule is COC(=O)c1nccc(Oc2ccc(-c3csc(C)n3)cc2F)n1. The van der Waals surface area contributed by atoms with E-state index in [9.17, 15) is 9.18 Å². The summed E-state index contributed by atoms with van der Waals surface area (Å²) in [4.78, 5) is 23.4. The molecule has 24 heavy (non-hydrogen) atoms. The molecule has 2 heterocycles. The maximum absolute atomic E-state index is 14.3. The van der Waals surface area contributed by atoms with Gasteiger partial charge in [0, 0.05) is 23.2 Å². The topological polar surface area (TPSA) is 74.2 Å². The molecule has 0 atom stereocenters. The summed E-state index contributed by atoms with van der Waals surface area (Å²) in [5, 5.41) is 2.76. The standard InChI is InChI=1S/C16H12FN3O3S/c1-9-19-12(8-24-9)10-3-4-13(11(17)7-10)23-14-5-6-18-15(20-14)16(21)22-2/h3-8H,1-2H3. The molecular weight excluding hydrogens is 333 g/mol. The molecule has 0 aliphatic carbocycles. The van der Waals surface area contributed by atoms with Crippen LogP contribution < -0.4 is 4.74 Å². The van der Waals surface area contributed by atoms with Crippen molar-refractivity contribution in [1.29, 1.82) is 0 Å². The molecule has 0 radical (unpaired) electrons. The van der Waals surface area contributed by atoms with Crippen LogP contribution in [0.5, 0.6) is 11.6 Å². The Bertz CT molecular complexity index is 898. The predicted octanol–water partition coefficient (Wildman–Crippen LogP) is 3.63. The van der Waals surface area contributed by atoms with E-state index in [1.807, 2.05) is 12.3 Å². The van der Waals surface area contributed by atoms with Gasteiger partial charge < -0.3 is 9.47 Å². The highest BCUT2D eigenvalue weighted by molar-refractivity contribution is 7.09. The van der Waals surface area contributed by atoms with Crippen molar-refractivity contribution in [2.45, 2.75) is 6.92 Å². The van der Waals surface area contributed by atoms with E-state index in [-0.39, 0.29) is 17.5 Å². The zero-order valence-electron chi connectivity index (χ0n) is 12.8. The van der Waals surface area contributed by atoms with Crippen LogP contribution in [0.15, 0.2) is 35.8 Å². The van der Waals surface area contributed by atoms with Gasteiger partial charge in [0.1, 0.15) is 0 Å². The molecular formula is C16H12FN3O3S. The Labute approximate surface area is 140 Å². The Morgan fingerprint density at radius 3 is 2.75 bits per heavy atom. The average Bonchev–Trinajstić information content (AvgIpc) is 3.02. The van der Waals surface area contributed by atoms with E-state index in [0.717, 1.165) is 5.01 Å². The van der Waals surface area contributed by atoms with Crippen molar-refractivity contribution in [3.05, 3.63) is 52.5 Å². The van der Waals surface area contributed by atoms with Crippen molar-refractivity contribution in [2.24, 2.45) is 0 Å². The highest BCUT2D eigenvalue weighted by Crippen LogP contribution is 2.28. The molecule has 3 rings (SSSR count). The van der Waals surface area contributed by atoms with Crippen LogP contribution >= 0.6 is 11.3 Å². The normalized spacial score (nSPS) is 10.5. The van der Waals surface area contributed by atoms with Gasteiger partial charge in [-0.25, -0.2) is 19.2 Å². The first-order valence-electron chi connectivity index (χ1n) is 6.88. The van der Waals surface area contributed by atoms with E-state index in [1.54, 1.807) is 6.07 Å². The second-order valence-corrected chi connectivity index (χ2v) is 5.77. The predicted molar refractivity (Wildman–Crippen MR) is 85.7 cm³/mol. The van der Waals surface area contributed by atoms with Gasteiger partial charge in [-0.05, 0) is 25.1 Å². The fourth-order valence-corrected chi connectivity index (χ4v) is 2.56. The number of hydrogen-bond acceptors (Lipinski definition) is 7. The Balaban J connectivity index is 1.84. The molecule has 6 nitrogen and oxygen atoms in total. The van der Waals surface area contributed by atoms with E-state index in [2.05, 4.69) is 19.7 Å². The van der Waals surface area contributed by atoms with Gasteiger partial charge in [0.2, 0.25) is 11.7 Å². The molecule has 0 bridgehead atoms. The summed E-state index contributed by atoms with van der Waals surface area (Å²) < 4.78 is 24.2. The van der Waals surface area contributed by atoms with Crippen molar-refractivity contribution in [1.82, 2.24) is 15.0 Å². The number of halogens is 1. The van der Waals surface area contributed by atoms with E-state index in [0.29, 0.717) is 11.3 Å². The third-order valence-corrected chi connectivity index (χ3v) is 3.83. The van der Waals surface area contributed by atoms with Crippen LogP contribution in [-0.2, 0) is 4.74 Å². The first-order valence-corrected chi connectivity index (χ1v) is 7.76. The molecule has 0 saturated carbocycles. The lowest BCUT2D eigenvalue weighted by molar-refractivity contribution is 0.0585. The summed E-state index contributed by atoms with van der Waals surface area (Å²) in [6.07, 6.45) is 1.33. The quantitative estimate of drug-likeness (QED) is 0.672. The summed E-state index contributed by atoms with van der Waals surface area (Å²) in [6.45, 7) is 1.88. The van der Waals surface area contributed by atoms with Crippen LogP contribution in [0.2, 0.25) is 0 Å². The smallest absolute Gasteiger partial charge is 0.376 e. The zero-order valence-corrected chi connectivity index (χ0v) is 13.6. The second kappa shape index (κ2) is 6.71. The summed E-state index contributed by atoms with van der Waals surface area (Å²) in [5.41, 5.74) is 1.36. The zero-order chi connectivity index (χ0) is 17.1. The number of aromatic nitrogens is 3. The minimum atomic E-state index is -0.699. The maximum atomic E-state index is 14.3. The van der Waals surface area contributed by atoms with E-state index < -0.39 is 11.8 Å². The monoisotopic (exact) mass is 345 g/mol. The number of rotatable bonds is 4. The molecule has 0 aliphatic heterocycles. The maximum Gasteiger partial charge on any atom is 0.376 e. The molecule has 0 spiro atoms. The van der Waals surface area contributed by atoms with Gasteiger partial charge in [0.05, 0.1) is 17.8 Å². The van der Waals surface area contributed by atoms with Crippen molar-refractivity contribution >= 4 is 17.3 Å². The van der Waals surface area contributed by atoms with Gasteiger partial charge in [-0.3, -0.25) is 0 Å². The second-order valence-electron chi connectivity index (χ2n) is 4.71. The van der Waals surface area contributed by atoms with Crippen molar-refractivity contribution in [3.63, 3.8) is 0 Å². The Hall–Kier alpha value is -2.87. The lowest BCUT2D eigenvalue weighted by atomic mass is 10.1. The third-order valence-electron chi connectivity index (χ3n) is 3.06.